The fourth-order valence-electron chi connectivity index (χ4n) is 3.87. The van der Waals surface area contributed by atoms with Crippen molar-refractivity contribution < 1.29 is 9.53 Å². The molecule has 0 aliphatic carbocycles. The van der Waals surface area contributed by atoms with Gasteiger partial charge in [0.2, 0.25) is 0 Å². The number of amidine groups is 1. The number of fused-ring (bicyclic) bond motifs is 1. The number of methoxy groups -OCH3 is 1. The summed E-state index contributed by atoms with van der Waals surface area (Å²) in [4.78, 5) is 24.7. The van der Waals surface area contributed by atoms with Crippen molar-refractivity contribution in [1.82, 2.24) is 4.98 Å². The number of anilines is 1. The molecule has 0 radical (unpaired) electrons. The summed E-state index contributed by atoms with van der Waals surface area (Å²) in [5, 5.41) is 1.67. The molecule has 170 valence electrons. The Morgan fingerprint density at radius 2 is 1.76 bits per heavy atom. The predicted octanol–water partition coefficient (Wildman–Crippen LogP) is 6.60. The summed E-state index contributed by atoms with van der Waals surface area (Å²) in [7, 11) is 1.63. The zero-order valence-electron chi connectivity index (χ0n) is 19.1. The van der Waals surface area contributed by atoms with E-state index in [0.717, 1.165) is 43.4 Å². The molecule has 0 saturated heterocycles. The molecule has 0 spiro atoms. The molecule has 0 saturated carbocycles. The van der Waals surface area contributed by atoms with E-state index in [-0.39, 0.29) is 5.91 Å². The van der Waals surface area contributed by atoms with Crippen LogP contribution in [0.3, 0.4) is 0 Å². The molecular formula is C27H23N3O2S2. The van der Waals surface area contributed by atoms with Crippen LogP contribution in [0.1, 0.15) is 21.7 Å². The first-order chi connectivity index (χ1) is 16.5. The standard InChI is InChI=1S/C27H23N3O2S2/c1-17-12-18(2)14-20(13-17)30-26(31)23(15-19-8-10-21(32-3)11-9-19)29-27(30)33-16-25-28-22-6-4-5-7-24(22)34-25/h4-15H,16H2,1-3H3/b23-15-. The molecule has 5 nitrogen and oxygen atoms in total. The number of aryl methyl sites for hydroxylation is 2. The third kappa shape index (κ3) is 4.62. The van der Waals surface area contributed by atoms with Crippen LogP contribution < -0.4 is 9.64 Å². The van der Waals surface area contributed by atoms with Crippen molar-refractivity contribution in [1.29, 1.82) is 0 Å². The molecule has 34 heavy (non-hydrogen) atoms. The van der Waals surface area contributed by atoms with Crippen molar-refractivity contribution in [2.45, 2.75) is 19.6 Å². The van der Waals surface area contributed by atoms with E-state index in [1.807, 2.05) is 74.5 Å². The van der Waals surface area contributed by atoms with Gasteiger partial charge in [0.25, 0.3) is 5.91 Å². The van der Waals surface area contributed by atoms with Crippen molar-refractivity contribution in [3.63, 3.8) is 0 Å². The number of aliphatic imine (C=N–C) groups is 1. The zero-order chi connectivity index (χ0) is 23.7. The number of aromatic nitrogens is 1. The van der Waals surface area contributed by atoms with Gasteiger partial charge in [-0.25, -0.2) is 9.98 Å². The molecule has 1 aromatic heterocycles. The Bertz CT molecular complexity index is 1380. The molecule has 1 aliphatic heterocycles. The highest BCUT2D eigenvalue weighted by molar-refractivity contribution is 8.13. The van der Waals surface area contributed by atoms with Gasteiger partial charge >= 0.3 is 0 Å². The van der Waals surface area contributed by atoms with Crippen molar-refractivity contribution in [2.75, 3.05) is 12.0 Å². The lowest BCUT2D eigenvalue weighted by atomic mass is 10.1. The summed E-state index contributed by atoms with van der Waals surface area (Å²) >= 11 is 3.21. The third-order valence-corrected chi connectivity index (χ3v) is 7.55. The van der Waals surface area contributed by atoms with Crippen molar-refractivity contribution >= 4 is 56.2 Å². The topological polar surface area (TPSA) is 54.8 Å². The van der Waals surface area contributed by atoms with Gasteiger partial charge < -0.3 is 4.74 Å². The minimum absolute atomic E-state index is 0.132. The molecule has 4 aromatic rings. The highest BCUT2D eigenvalue weighted by atomic mass is 32.2. The number of ether oxygens (including phenoxy) is 1. The van der Waals surface area contributed by atoms with Gasteiger partial charge in [0, 0.05) is 0 Å². The minimum atomic E-state index is -0.132. The molecule has 0 bridgehead atoms. The van der Waals surface area contributed by atoms with Crippen LogP contribution in [0.25, 0.3) is 16.3 Å². The molecule has 0 N–H and O–H groups in total. The zero-order valence-corrected chi connectivity index (χ0v) is 20.7. The Morgan fingerprint density at radius 1 is 1.03 bits per heavy atom. The first-order valence-corrected chi connectivity index (χ1v) is 12.6. The molecule has 3 aromatic carbocycles. The lowest BCUT2D eigenvalue weighted by Crippen LogP contribution is -2.30. The first kappa shape index (κ1) is 22.4. The molecule has 5 rings (SSSR count). The summed E-state index contributed by atoms with van der Waals surface area (Å²) in [6.45, 7) is 4.08. The lowest BCUT2D eigenvalue weighted by molar-refractivity contribution is -0.113. The second kappa shape index (κ2) is 9.44. The number of nitrogens with zero attached hydrogens (tertiary/aromatic N) is 3. The van der Waals surface area contributed by atoms with E-state index in [0.29, 0.717) is 16.6 Å². The average molecular weight is 486 g/mol. The number of rotatable bonds is 5. The number of amides is 1. The Kier molecular flexibility index (Phi) is 6.22. The predicted molar refractivity (Wildman–Crippen MR) is 143 cm³/mol. The van der Waals surface area contributed by atoms with Crippen LogP contribution in [0, 0.1) is 13.8 Å². The van der Waals surface area contributed by atoms with Gasteiger partial charge in [-0.3, -0.25) is 9.69 Å². The summed E-state index contributed by atoms with van der Waals surface area (Å²) in [5.41, 5.74) is 5.34. The highest BCUT2D eigenvalue weighted by Crippen LogP contribution is 2.33. The van der Waals surface area contributed by atoms with Gasteiger partial charge in [0.1, 0.15) is 16.5 Å². The van der Waals surface area contributed by atoms with Crippen LogP contribution in [0.15, 0.2) is 77.4 Å². The molecule has 2 heterocycles. The Labute approximate surface area is 206 Å². The van der Waals surface area contributed by atoms with Gasteiger partial charge in [-0.2, -0.15) is 0 Å². The highest BCUT2D eigenvalue weighted by Gasteiger charge is 2.32. The number of carbonyl (C=O) groups is 1. The fourth-order valence-corrected chi connectivity index (χ4v) is 5.84. The summed E-state index contributed by atoms with van der Waals surface area (Å²) in [6, 6.07) is 21.9. The molecular weight excluding hydrogens is 462 g/mol. The van der Waals surface area contributed by atoms with Crippen LogP contribution in [-0.4, -0.2) is 23.2 Å². The minimum Gasteiger partial charge on any atom is -0.497 e. The van der Waals surface area contributed by atoms with E-state index in [1.165, 1.54) is 11.8 Å². The Balaban J connectivity index is 1.48. The van der Waals surface area contributed by atoms with E-state index in [2.05, 4.69) is 12.1 Å². The number of para-hydroxylation sites is 1. The Morgan fingerprint density at radius 3 is 2.47 bits per heavy atom. The van der Waals surface area contributed by atoms with Crippen LogP contribution in [0.2, 0.25) is 0 Å². The molecule has 7 heteroatoms. The average Bonchev–Trinajstić information content (AvgIpc) is 3.38. The smallest absolute Gasteiger partial charge is 0.283 e. The molecule has 0 unspecified atom stereocenters. The molecule has 0 atom stereocenters. The SMILES string of the molecule is COc1ccc(/C=C2\N=C(SCc3nc4ccccc4s3)N(c3cc(C)cc(C)c3)C2=O)cc1. The quantitative estimate of drug-likeness (QED) is 0.299. The van der Waals surface area contributed by atoms with Crippen LogP contribution in [0.4, 0.5) is 5.69 Å². The first-order valence-electron chi connectivity index (χ1n) is 10.8. The second-order valence-corrected chi connectivity index (χ2v) is 10.1. The van der Waals surface area contributed by atoms with Crippen LogP contribution in [-0.2, 0) is 10.5 Å². The van der Waals surface area contributed by atoms with Crippen molar-refractivity contribution in [2.24, 2.45) is 4.99 Å². The number of hydrogen-bond acceptors (Lipinski definition) is 6. The van der Waals surface area contributed by atoms with Crippen molar-refractivity contribution in [3.05, 3.63) is 94.1 Å². The van der Waals surface area contributed by atoms with E-state index in [9.17, 15) is 4.79 Å². The van der Waals surface area contributed by atoms with Gasteiger partial charge in [-0.05, 0) is 73.0 Å². The van der Waals surface area contributed by atoms with Gasteiger partial charge in [0.05, 0.1) is 28.8 Å². The summed E-state index contributed by atoms with van der Waals surface area (Å²) < 4.78 is 6.40. The summed E-state index contributed by atoms with van der Waals surface area (Å²) in [5.74, 6) is 1.28. The number of hydrogen-bond donors (Lipinski definition) is 0. The van der Waals surface area contributed by atoms with Gasteiger partial charge in [-0.1, -0.05) is 42.1 Å². The maximum Gasteiger partial charge on any atom is 0.283 e. The van der Waals surface area contributed by atoms with Crippen LogP contribution in [0.5, 0.6) is 5.75 Å². The normalized spacial score (nSPS) is 14.8. The van der Waals surface area contributed by atoms with E-state index >= 15 is 0 Å². The largest absolute Gasteiger partial charge is 0.497 e. The third-order valence-electron chi connectivity index (χ3n) is 5.38. The fraction of sp³-hybridized carbons (Fsp3) is 0.148. The number of thioether (sulfide) groups is 1. The molecule has 1 amide bonds. The van der Waals surface area contributed by atoms with Gasteiger partial charge in [-0.15, -0.1) is 11.3 Å². The van der Waals surface area contributed by atoms with Crippen molar-refractivity contribution in [3.8, 4) is 5.75 Å². The molecule has 1 aliphatic rings. The maximum atomic E-state index is 13.5. The van der Waals surface area contributed by atoms with E-state index in [1.54, 1.807) is 23.3 Å². The summed E-state index contributed by atoms with van der Waals surface area (Å²) in [6.07, 6.45) is 1.82. The maximum absolute atomic E-state index is 13.5. The molecule has 0 fully saturated rings. The monoisotopic (exact) mass is 485 g/mol. The van der Waals surface area contributed by atoms with Gasteiger partial charge in [0.15, 0.2) is 5.17 Å². The van der Waals surface area contributed by atoms with E-state index in [4.69, 9.17) is 14.7 Å². The van der Waals surface area contributed by atoms with E-state index < -0.39 is 0 Å². The number of thiazole rings is 1. The van der Waals surface area contributed by atoms with Crippen LogP contribution >= 0.6 is 23.1 Å². The second-order valence-electron chi connectivity index (χ2n) is 8.05. The Hall–Kier alpha value is -3.42. The lowest BCUT2D eigenvalue weighted by Gasteiger charge is -2.19. The number of benzene rings is 3. The number of carbonyl (C=O) groups excluding carboxylic acids is 1.